The second kappa shape index (κ2) is 5.67. The van der Waals surface area contributed by atoms with Crippen molar-refractivity contribution in [2.75, 3.05) is 0 Å². The van der Waals surface area contributed by atoms with E-state index in [1.807, 2.05) is 78.0 Å². The zero-order valence-corrected chi connectivity index (χ0v) is 14.9. The van der Waals surface area contributed by atoms with Gasteiger partial charge in [0.1, 0.15) is 0 Å². The zero-order chi connectivity index (χ0) is 18.5. The summed E-state index contributed by atoms with van der Waals surface area (Å²) in [4.78, 5) is 17.4. The first-order valence-corrected chi connectivity index (χ1v) is 8.60. The van der Waals surface area contributed by atoms with Crippen LogP contribution in [0.1, 0.15) is 16.2 Å². The Bertz CT molecular complexity index is 1320. The summed E-state index contributed by atoms with van der Waals surface area (Å²) in [5.74, 6) is 0.135. The van der Waals surface area contributed by atoms with Gasteiger partial charge in [-0.15, -0.1) is 0 Å². The smallest absolute Gasteiger partial charge is 0.299 e. The van der Waals surface area contributed by atoms with Crippen molar-refractivity contribution in [2.24, 2.45) is 14.1 Å². The molecule has 0 amide bonds. The molecule has 0 radical (unpaired) electrons. The minimum absolute atomic E-state index is 0.00529. The highest BCUT2D eigenvalue weighted by Crippen LogP contribution is 2.29. The van der Waals surface area contributed by atoms with Gasteiger partial charge in [-0.2, -0.15) is 4.98 Å². The molecule has 5 rings (SSSR count). The Morgan fingerprint density at radius 2 is 1.52 bits per heavy atom. The number of hydrogen-bond donors (Lipinski definition) is 0. The topological polar surface area (TPSA) is 65.8 Å². The highest BCUT2D eigenvalue weighted by molar-refractivity contribution is 6.14. The Balaban J connectivity index is 1.60. The fourth-order valence-electron chi connectivity index (χ4n) is 3.58. The Kier molecular flexibility index (Phi) is 3.27. The summed E-state index contributed by atoms with van der Waals surface area (Å²) in [6.07, 6.45) is 3.75. The zero-order valence-electron chi connectivity index (χ0n) is 14.9. The average Bonchev–Trinajstić information content (AvgIpc) is 3.39. The predicted molar refractivity (Wildman–Crippen MR) is 103 cm³/mol. The van der Waals surface area contributed by atoms with E-state index in [9.17, 15) is 4.79 Å². The molecule has 6 heteroatoms. The molecule has 6 nitrogen and oxygen atoms in total. The van der Waals surface area contributed by atoms with Gasteiger partial charge in [-0.3, -0.25) is 4.79 Å². The number of para-hydroxylation sites is 2. The predicted octanol–water partition coefficient (Wildman–Crippen LogP) is 3.95. The van der Waals surface area contributed by atoms with Crippen molar-refractivity contribution in [3.8, 4) is 11.4 Å². The molecule has 0 saturated carbocycles. The minimum Gasteiger partial charge on any atom is -0.350 e. The SMILES string of the molecule is Cn1cc(C(=O)c2nc(-c3cn(C)c4ccccc34)no2)c2ccccc21. The Morgan fingerprint density at radius 3 is 2.30 bits per heavy atom. The second-order valence-corrected chi connectivity index (χ2v) is 6.59. The van der Waals surface area contributed by atoms with Gasteiger partial charge in [0.15, 0.2) is 0 Å². The third-order valence-corrected chi connectivity index (χ3v) is 4.90. The van der Waals surface area contributed by atoms with Gasteiger partial charge in [0.2, 0.25) is 5.82 Å². The number of hydrogen-bond acceptors (Lipinski definition) is 4. The van der Waals surface area contributed by atoms with Gasteiger partial charge in [-0.25, -0.2) is 0 Å². The molecule has 0 unspecified atom stereocenters. The fraction of sp³-hybridized carbons (Fsp3) is 0.0952. The van der Waals surface area contributed by atoms with Crippen LogP contribution in [0, 0.1) is 0 Å². The van der Waals surface area contributed by atoms with E-state index < -0.39 is 0 Å². The maximum atomic E-state index is 13.0. The number of nitrogens with zero attached hydrogens (tertiary/aromatic N) is 4. The van der Waals surface area contributed by atoms with Gasteiger partial charge < -0.3 is 13.7 Å². The Hall–Kier alpha value is -3.67. The van der Waals surface area contributed by atoms with E-state index in [1.165, 1.54) is 0 Å². The monoisotopic (exact) mass is 356 g/mol. The lowest BCUT2D eigenvalue weighted by atomic mass is 10.1. The summed E-state index contributed by atoms with van der Waals surface area (Å²) in [6.45, 7) is 0. The first-order chi connectivity index (χ1) is 13.1. The summed E-state index contributed by atoms with van der Waals surface area (Å²) in [6, 6.07) is 15.7. The van der Waals surface area contributed by atoms with E-state index in [-0.39, 0.29) is 11.7 Å². The van der Waals surface area contributed by atoms with Crippen LogP contribution >= 0.6 is 0 Å². The number of rotatable bonds is 3. The highest BCUT2D eigenvalue weighted by Gasteiger charge is 2.23. The van der Waals surface area contributed by atoms with Crippen LogP contribution in [0.5, 0.6) is 0 Å². The van der Waals surface area contributed by atoms with Crippen LogP contribution < -0.4 is 0 Å². The number of fused-ring (bicyclic) bond motifs is 2. The lowest BCUT2D eigenvalue weighted by molar-refractivity contribution is 0.0995. The van der Waals surface area contributed by atoms with Gasteiger partial charge in [0.25, 0.3) is 11.7 Å². The number of carbonyl (C=O) groups is 1. The number of aryl methyl sites for hydroxylation is 2. The normalized spacial score (nSPS) is 11.5. The number of benzene rings is 2. The molecule has 0 spiro atoms. The van der Waals surface area contributed by atoms with Gasteiger partial charge in [0.05, 0.1) is 5.56 Å². The van der Waals surface area contributed by atoms with E-state index in [4.69, 9.17) is 4.52 Å². The molecule has 132 valence electrons. The first-order valence-electron chi connectivity index (χ1n) is 8.60. The molecular weight excluding hydrogens is 340 g/mol. The van der Waals surface area contributed by atoms with Crippen molar-refractivity contribution in [3.63, 3.8) is 0 Å². The number of aromatic nitrogens is 4. The molecule has 27 heavy (non-hydrogen) atoms. The lowest BCUT2D eigenvalue weighted by Crippen LogP contribution is -2.01. The molecule has 5 aromatic rings. The van der Waals surface area contributed by atoms with Crippen molar-refractivity contribution in [2.45, 2.75) is 0 Å². The van der Waals surface area contributed by atoms with Crippen LogP contribution in [0.3, 0.4) is 0 Å². The molecule has 3 heterocycles. The van der Waals surface area contributed by atoms with E-state index in [1.54, 1.807) is 6.20 Å². The van der Waals surface area contributed by atoms with Crippen LogP contribution in [-0.4, -0.2) is 25.1 Å². The largest absolute Gasteiger partial charge is 0.350 e. The summed E-state index contributed by atoms with van der Waals surface area (Å²) >= 11 is 0. The summed E-state index contributed by atoms with van der Waals surface area (Å²) in [5, 5.41) is 5.95. The molecule has 0 N–H and O–H groups in total. The minimum atomic E-state index is -0.272. The van der Waals surface area contributed by atoms with Gasteiger partial charge in [-0.1, -0.05) is 41.6 Å². The Morgan fingerprint density at radius 1 is 0.889 bits per heavy atom. The maximum absolute atomic E-state index is 13.0. The van der Waals surface area contributed by atoms with Crippen LogP contribution in [0.25, 0.3) is 33.2 Å². The molecule has 0 aliphatic heterocycles. The van der Waals surface area contributed by atoms with Crippen molar-refractivity contribution in [3.05, 3.63) is 72.4 Å². The molecule has 0 bridgehead atoms. The molecule has 0 aliphatic rings. The molecular formula is C21H16N4O2. The van der Waals surface area contributed by atoms with Gasteiger partial charge in [-0.05, 0) is 12.1 Å². The van der Waals surface area contributed by atoms with Crippen LogP contribution in [-0.2, 0) is 14.1 Å². The third-order valence-electron chi connectivity index (χ3n) is 4.90. The van der Waals surface area contributed by atoms with Crippen molar-refractivity contribution < 1.29 is 9.32 Å². The second-order valence-electron chi connectivity index (χ2n) is 6.59. The summed E-state index contributed by atoms with van der Waals surface area (Å²) in [5.41, 5.74) is 3.45. The molecule has 0 fully saturated rings. The number of ketones is 1. The fourth-order valence-corrected chi connectivity index (χ4v) is 3.58. The average molecular weight is 356 g/mol. The van der Waals surface area contributed by atoms with Crippen molar-refractivity contribution >= 4 is 27.6 Å². The van der Waals surface area contributed by atoms with E-state index in [0.29, 0.717) is 11.4 Å². The van der Waals surface area contributed by atoms with E-state index >= 15 is 0 Å². The molecule has 0 saturated heterocycles. The molecule has 2 aromatic carbocycles. The maximum Gasteiger partial charge on any atom is 0.299 e. The third kappa shape index (κ3) is 2.30. The lowest BCUT2D eigenvalue weighted by Gasteiger charge is -1.94. The summed E-state index contributed by atoms with van der Waals surface area (Å²) < 4.78 is 9.25. The molecule has 3 aromatic heterocycles. The van der Waals surface area contributed by atoms with Gasteiger partial charge in [0, 0.05) is 53.9 Å². The van der Waals surface area contributed by atoms with Gasteiger partial charge >= 0.3 is 0 Å². The standard InChI is InChI=1S/C21H16N4O2/c1-24-11-15(13-7-3-5-9-17(13)24)19(26)21-22-20(23-27-21)16-12-25(2)18-10-6-4-8-14(16)18/h3-12H,1-2H3. The molecule has 0 atom stereocenters. The van der Waals surface area contributed by atoms with E-state index in [0.717, 1.165) is 27.4 Å². The quantitative estimate of drug-likeness (QED) is 0.459. The van der Waals surface area contributed by atoms with Crippen LogP contribution in [0.4, 0.5) is 0 Å². The highest BCUT2D eigenvalue weighted by atomic mass is 16.5. The first kappa shape index (κ1) is 15.6. The van der Waals surface area contributed by atoms with Crippen molar-refractivity contribution in [1.29, 1.82) is 0 Å². The number of carbonyl (C=O) groups excluding carboxylic acids is 1. The summed E-state index contributed by atoms with van der Waals surface area (Å²) in [7, 11) is 3.88. The van der Waals surface area contributed by atoms with Crippen LogP contribution in [0.2, 0.25) is 0 Å². The van der Waals surface area contributed by atoms with Crippen LogP contribution in [0.15, 0.2) is 65.4 Å². The van der Waals surface area contributed by atoms with E-state index in [2.05, 4.69) is 10.1 Å². The Labute approximate surface area is 154 Å². The molecule has 0 aliphatic carbocycles. The van der Waals surface area contributed by atoms with Crippen molar-refractivity contribution in [1.82, 2.24) is 19.3 Å².